The van der Waals surface area contributed by atoms with Gasteiger partial charge in [-0.2, -0.15) is 0 Å². The second-order valence-corrected chi connectivity index (χ2v) is 10.5. The van der Waals surface area contributed by atoms with Crippen LogP contribution in [0.2, 0.25) is 0 Å². The average Bonchev–Trinajstić information content (AvgIpc) is 2.84. The van der Waals surface area contributed by atoms with E-state index >= 15 is 0 Å². The van der Waals surface area contributed by atoms with Gasteiger partial charge in [0.15, 0.2) is 12.2 Å². The van der Waals surface area contributed by atoms with Crippen LogP contribution in [0, 0.1) is 11.8 Å². The monoisotopic (exact) mass is 560 g/mol. The van der Waals surface area contributed by atoms with Crippen LogP contribution in [0.4, 0.5) is 0 Å². The highest BCUT2D eigenvalue weighted by Gasteiger charge is 2.46. The molecular formula is C30H40O10. The zero-order chi connectivity index (χ0) is 30.1. The standard InChI is InChI=1S/C30H40O10/c1-16(2)11-26(37-20(6)32)29(38-21(7)33)25-15-36-30(39-22(8)34)28-18(4)13-23(40-27(35)14-19(5)31)12-17(3)9-10-24(25)28/h11-12,15,23-24,26,28-30H,4,9-10,13-14H2,1-3,5-8H3. The Morgan fingerprint density at radius 3 is 2.20 bits per heavy atom. The van der Waals surface area contributed by atoms with Crippen molar-refractivity contribution < 1.29 is 47.7 Å². The lowest BCUT2D eigenvalue weighted by Gasteiger charge is -2.41. The van der Waals surface area contributed by atoms with Gasteiger partial charge >= 0.3 is 23.9 Å². The molecule has 6 atom stereocenters. The maximum absolute atomic E-state index is 12.3. The van der Waals surface area contributed by atoms with Crippen LogP contribution in [0.25, 0.3) is 0 Å². The highest BCUT2D eigenvalue weighted by atomic mass is 16.7. The molecular weight excluding hydrogens is 520 g/mol. The second kappa shape index (κ2) is 14.6. The van der Waals surface area contributed by atoms with Gasteiger partial charge in [0.1, 0.15) is 18.3 Å². The Morgan fingerprint density at radius 2 is 1.65 bits per heavy atom. The van der Waals surface area contributed by atoms with Gasteiger partial charge in [-0.15, -0.1) is 0 Å². The summed E-state index contributed by atoms with van der Waals surface area (Å²) in [6.07, 6.45) is 2.10. The van der Waals surface area contributed by atoms with Crippen molar-refractivity contribution in [1.29, 1.82) is 0 Å². The van der Waals surface area contributed by atoms with Gasteiger partial charge in [0.25, 0.3) is 0 Å². The molecule has 1 heterocycles. The molecule has 1 aliphatic heterocycles. The average molecular weight is 561 g/mol. The van der Waals surface area contributed by atoms with E-state index in [1.54, 1.807) is 6.08 Å². The summed E-state index contributed by atoms with van der Waals surface area (Å²) in [4.78, 5) is 60.0. The number of esters is 4. The van der Waals surface area contributed by atoms with E-state index in [4.69, 9.17) is 23.7 Å². The van der Waals surface area contributed by atoms with E-state index < -0.39 is 60.3 Å². The highest BCUT2D eigenvalue weighted by molar-refractivity contribution is 5.94. The number of Topliss-reactive ketones (excluding diaryl/α,β-unsaturated/α-hetero) is 1. The number of fused-ring (bicyclic) bond motifs is 1. The third kappa shape index (κ3) is 9.81. The quantitative estimate of drug-likeness (QED) is 0.173. The second-order valence-electron chi connectivity index (χ2n) is 10.5. The maximum atomic E-state index is 12.3. The lowest BCUT2D eigenvalue weighted by atomic mass is 9.74. The third-order valence-electron chi connectivity index (χ3n) is 6.43. The van der Waals surface area contributed by atoms with Crippen molar-refractivity contribution in [2.45, 2.75) is 98.8 Å². The summed E-state index contributed by atoms with van der Waals surface area (Å²) in [6, 6.07) is 0. The van der Waals surface area contributed by atoms with E-state index in [1.807, 2.05) is 26.8 Å². The molecule has 0 aromatic rings. The number of allylic oxidation sites excluding steroid dienone is 2. The first-order valence-corrected chi connectivity index (χ1v) is 13.2. The predicted molar refractivity (Wildman–Crippen MR) is 144 cm³/mol. The van der Waals surface area contributed by atoms with E-state index in [0.29, 0.717) is 24.0 Å². The minimum Gasteiger partial charge on any atom is -0.462 e. The van der Waals surface area contributed by atoms with Crippen LogP contribution in [0.15, 0.2) is 47.3 Å². The lowest BCUT2D eigenvalue weighted by Crippen LogP contribution is -2.45. The molecule has 0 aromatic heterocycles. The molecule has 0 amide bonds. The number of rotatable bonds is 9. The van der Waals surface area contributed by atoms with Gasteiger partial charge in [-0.1, -0.05) is 23.3 Å². The summed E-state index contributed by atoms with van der Waals surface area (Å²) in [7, 11) is 0. The molecule has 0 saturated carbocycles. The number of ketones is 1. The van der Waals surface area contributed by atoms with E-state index in [0.717, 1.165) is 11.1 Å². The van der Waals surface area contributed by atoms with E-state index in [9.17, 15) is 24.0 Å². The largest absolute Gasteiger partial charge is 0.462 e. The van der Waals surface area contributed by atoms with Crippen molar-refractivity contribution >= 4 is 29.7 Å². The first-order chi connectivity index (χ1) is 18.7. The SMILES string of the molecule is C=C1CC(OC(=O)CC(C)=O)C=C(C)CCC2C(C(OC(C)=O)C(C=C(C)C)OC(C)=O)=COC(OC(C)=O)C12. The topological polar surface area (TPSA) is 132 Å². The number of carbonyl (C=O) groups excluding carboxylic acids is 5. The predicted octanol–water partition coefficient (Wildman–Crippen LogP) is 4.43. The molecule has 0 spiro atoms. The molecule has 2 aliphatic rings. The fourth-order valence-corrected chi connectivity index (χ4v) is 5.01. The van der Waals surface area contributed by atoms with Gasteiger partial charge in [-0.3, -0.25) is 24.0 Å². The van der Waals surface area contributed by atoms with Gasteiger partial charge in [-0.25, -0.2) is 0 Å². The number of ether oxygens (including phenoxy) is 5. The Hall–Kier alpha value is -3.69. The van der Waals surface area contributed by atoms with Gasteiger partial charge in [0.2, 0.25) is 6.29 Å². The first kappa shape index (κ1) is 32.5. The zero-order valence-corrected chi connectivity index (χ0v) is 24.3. The third-order valence-corrected chi connectivity index (χ3v) is 6.43. The van der Waals surface area contributed by atoms with Crippen LogP contribution >= 0.6 is 0 Å². The Morgan fingerprint density at radius 1 is 1.00 bits per heavy atom. The summed E-state index contributed by atoms with van der Waals surface area (Å²) >= 11 is 0. The van der Waals surface area contributed by atoms with Crippen molar-refractivity contribution in [2.24, 2.45) is 11.8 Å². The zero-order valence-electron chi connectivity index (χ0n) is 24.3. The van der Waals surface area contributed by atoms with Gasteiger partial charge in [0.05, 0.1) is 12.2 Å². The number of carbonyl (C=O) groups is 5. The highest BCUT2D eigenvalue weighted by Crippen LogP contribution is 2.44. The summed E-state index contributed by atoms with van der Waals surface area (Å²) in [5, 5.41) is 0. The molecule has 0 radical (unpaired) electrons. The molecule has 0 aromatic carbocycles. The van der Waals surface area contributed by atoms with E-state index in [1.165, 1.54) is 34.0 Å². The molecule has 2 rings (SSSR count). The Labute approximate surface area is 235 Å². The van der Waals surface area contributed by atoms with Crippen LogP contribution in [-0.2, 0) is 47.7 Å². The van der Waals surface area contributed by atoms with Crippen LogP contribution < -0.4 is 0 Å². The Kier molecular flexibility index (Phi) is 11.9. The molecule has 0 fully saturated rings. The minimum atomic E-state index is -1.04. The summed E-state index contributed by atoms with van der Waals surface area (Å²) in [5.74, 6) is -3.69. The van der Waals surface area contributed by atoms with Gasteiger partial charge in [0, 0.05) is 38.7 Å². The molecule has 1 aliphatic carbocycles. The Balaban J connectivity index is 2.59. The molecule has 220 valence electrons. The van der Waals surface area contributed by atoms with Crippen LogP contribution in [0.1, 0.15) is 74.1 Å². The summed E-state index contributed by atoms with van der Waals surface area (Å²) in [6.45, 7) is 14.9. The van der Waals surface area contributed by atoms with E-state index in [-0.39, 0.29) is 18.6 Å². The fraction of sp³-hybridized carbons (Fsp3) is 0.567. The normalized spacial score (nSPS) is 24.0. The van der Waals surface area contributed by atoms with Crippen molar-refractivity contribution in [1.82, 2.24) is 0 Å². The molecule has 0 saturated heterocycles. The smallest absolute Gasteiger partial charge is 0.313 e. The molecule has 0 bridgehead atoms. The summed E-state index contributed by atoms with van der Waals surface area (Å²) < 4.78 is 28.3. The summed E-state index contributed by atoms with van der Waals surface area (Å²) in [5.41, 5.74) is 2.87. The van der Waals surface area contributed by atoms with Gasteiger partial charge < -0.3 is 23.7 Å². The number of hydrogen-bond donors (Lipinski definition) is 0. The fourth-order valence-electron chi connectivity index (χ4n) is 5.01. The maximum Gasteiger partial charge on any atom is 0.313 e. The molecule has 0 N–H and O–H groups in total. The molecule has 40 heavy (non-hydrogen) atoms. The minimum absolute atomic E-state index is 0.177. The molecule has 10 nitrogen and oxygen atoms in total. The van der Waals surface area contributed by atoms with E-state index in [2.05, 4.69) is 6.58 Å². The van der Waals surface area contributed by atoms with Crippen molar-refractivity contribution in [3.8, 4) is 0 Å². The van der Waals surface area contributed by atoms with Gasteiger partial charge in [-0.05, 0) is 52.7 Å². The van der Waals surface area contributed by atoms with Crippen LogP contribution in [-0.4, -0.2) is 54.3 Å². The van der Waals surface area contributed by atoms with Crippen molar-refractivity contribution in [2.75, 3.05) is 0 Å². The lowest BCUT2D eigenvalue weighted by molar-refractivity contribution is -0.182. The Bertz CT molecular complexity index is 1110. The van der Waals surface area contributed by atoms with Crippen molar-refractivity contribution in [3.05, 3.63) is 47.3 Å². The first-order valence-electron chi connectivity index (χ1n) is 13.2. The molecule has 6 unspecified atom stereocenters. The van der Waals surface area contributed by atoms with Crippen LogP contribution in [0.5, 0.6) is 0 Å². The number of hydrogen-bond acceptors (Lipinski definition) is 10. The van der Waals surface area contributed by atoms with Crippen LogP contribution in [0.3, 0.4) is 0 Å². The van der Waals surface area contributed by atoms with Crippen molar-refractivity contribution in [3.63, 3.8) is 0 Å². The molecule has 10 heteroatoms.